The maximum absolute atomic E-state index is 4.50. The van der Waals surface area contributed by atoms with E-state index in [1.165, 1.54) is 11.1 Å². The van der Waals surface area contributed by atoms with Crippen molar-refractivity contribution in [3.8, 4) is 11.1 Å². The molecule has 0 fully saturated rings. The fourth-order valence-electron chi connectivity index (χ4n) is 2.63. The summed E-state index contributed by atoms with van der Waals surface area (Å²) in [5.74, 6) is 0.965. The van der Waals surface area contributed by atoms with Crippen LogP contribution in [-0.2, 0) is 6.42 Å². The lowest BCUT2D eigenvalue weighted by atomic mass is 10.1. The van der Waals surface area contributed by atoms with E-state index < -0.39 is 0 Å². The Balaban J connectivity index is 1.56. The monoisotopic (exact) mass is 320 g/mol. The molecule has 0 unspecified atom stereocenters. The molecule has 1 N–H and O–H groups in total. The van der Waals surface area contributed by atoms with Crippen LogP contribution < -0.4 is 5.32 Å². The van der Waals surface area contributed by atoms with Crippen LogP contribution in [0.5, 0.6) is 0 Å². The van der Waals surface area contributed by atoms with E-state index in [0.717, 1.165) is 30.0 Å². The van der Waals surface area contributed by atoms with E-state index in [-0.39, 0.29) is 0 Å². The van der Waals surface area contributed by atoms with Gasteiger partial charge in [-0.1, -0.05) is 30.3 Å². The number of thiophene rings is 1. The zero-order chi connectivity index (χ0) is 15.5. The molecule has 4 rings (SSSR count). The zero-order valence-corrected chi connectivity index (χ0v) is 13.3. The molecule has 1 aromatic carbocycles. The lowest BCUT2D eigenvalue weighted by Crippen LogP contribution is -2.09. The van der Waals surface area contributed by atoms with Crippen LogP contribution in [-0.4, -0.2) is 21.1 Å². The maximum atomic E-state index is 4.50. The minimum atomic E-state index is 0.858. The highest BCUT2D eigenvalue weighted by molar-refractivity contribution is 7.08. The molecule has 0 aliphatic heterocycles. The average molecular weight is 320 g/mol. The number of hydrogen-bond acceptors (Lipinski definition) is 4. The van der Waals surface area contributed by atoms with Crippen molar-refractivity contribution in [3.05, 3.63) is 71.2 Å². The van der Waals surface area contributed by atoms with E-state index in [9.17, 15) is 0 Å². The van der Waals surface area contributed by atoms with E-state index in [0.29, 0.717) is 0 Å². The van der Waals surface area contributed by atoms with Crippen LogP contribution in [0.2, 0.25) is 0 Å². The fourth-order valence-corrected chi connectivity index (χ4v) is 3.28. The van der Waals surface area contributed by atoms with Gasteiger partial charge in [0.1, 0.15) is 5.82 Å². The van der Waals surface area contributed by atoms with Gasteiger partial charge in [0.2, 0.25) is 0 Å². The van der Waals surface area contributed by atoms with Crippen molar-refractivity contribution >= 4 is 22.8 Å². The van der Waals surface area contributed by atoms with Gasteiger partial charge in [-0.25, -0.2) is 4.98 Å². The van der Waals surface area contributed by atoms with Crippen molar-refractivity contribution in [1.29, 1.82) is 0 Å². The molecular weight excluding hydrogens is 304 g/mol. The number of benzene rings is 1. The Morgan fingerprint density at radius 2 is 2.00 bits per heavy atom. The fraction of sp³-hybridized carbons (Fsp3) is 0.111. The summed E-state index contributed by atoms with van der Waals surface area (Å²) in [5, 5.41) is 12.1. The topological polar surface area (TPSA) is 42.2 Å². The number of nitrogens with zero attached hydrogens (tertiary/aromatic N) is 3. The zero-order valence-electron chi connectivity index (χ0n) is 12.5. The first-order valence-corrected chi connectivity index (χ1v) is 8.49. The number of aromatic nitrogens is 3. The second kappa shape index (κ2) is 6.22. The molecule has 0 amide bonds. The highest BCUT2D eigenvalue weighted by Crippen LogP contribution is 2.26. The molecule has 0 saturated carbocycles. The minimum absolute atomic E-state index is 0.858. The normalized spacial score (nSPS) is 11.0. The Morgan fingerprint density at radius 1 is 1.09 bits per heavy atom. The van der Waals surface area contributed by atoms with Gasteiger partial charge in [-0.05, 0) is 40.4 Å². The quantitative estimate of drug-likeness (QED) is 0.601. The van der Waals surface area contributed by atoms with Crippen molar-refractivity contribution < 1.29 is 0 Å². The van der Waals surface area contributed by atoms with E-state index >= 15 is 0 Å². The smallest absolute Gasteiger partial charge is 0.165 e. The molecule has 0 spiro atoms. The summed E-state index contributed by atoms with van der Waals surface area (Å²) in [5.41, 5.74) is 4.44. The van der Waals surface area contributed by atoms with Gasteiger partial charge in [-0.15, -0.1) is 0 Å². The van der Waals surface area contributed by atoms with Crippen molar-refractivity contribution in [2.75, 3.05) is 11.9 Å². The molecule has 114 valence electrons. The summed E-state index contributed by atoms with van der Waals surface area (Å²) in [6, 6.07) is 14.5. The van der Waals surface area contributed by atoms with Crippen LogP contribution in [0.3, 0.4) is 0 Å². The second-order valence-electron chi connectivity index (χ2n) is 5.30. The van der Waals surface area contributed by atoms with Gasteiger partial charge in [0.15, 0.2) is 5.65 Å². The van der Waals surface area contributed by atoms with E-state index in [4.69, 9.17) is 0 Å². The van der Waals surface area contributed by atoms with Crippen molar-refractivity contribution in [3.63, 3.8) is 0 Å². The molecule has 23 heavy (non-hydrogen) atoms. The molecule has 0 aliphatic carbocycles. The van der Waals surface area contributed by atoms with Crippen molar-refractivity contribution in [2.24, 2.45) is 0 Å². The van der Waals surface area contributed by atoms with Gasteiger partial charge >= 0.3 is 0 Å². The van der Waals surface area contributed by atoms with E-state index in [2.05, 4.69) is 56.5 Å². The average Bonchev–Trinajstić information content (AvgIpc) is 3.25. The number of nitrogens with one attached hydrogen (secondary N) is 1. The molecule has 3 heterocycles. The molecule has 0 saturated heterocycles. The Labute approximate surface area is 138 Å². The third-order valence-corrected chi connectivity index (χ3v) is 4.48. The van der Waals surface area contributed by atoms with E-state index in [1.54, 1.807) is 11.3 Å². The number of hydrogen-bond donors (Lipinski definition) is 1. The molecule has 4 nitrogen and oxygen atoms in total. The highest BCUT2D eigenvalue weighted by atomic mass is 32.1. The molecule has 0 bridgehead atoms. The molecular formula is C18H16N4S. The number of fused-ring (bicyclic) bond motifs is 1. The van der Waals surface area contributed by atoms with Gasteiger partial charge in [-0.2, -0.15) is 21.0 Å². The van der Waals surface area contributed by atoms with Crippen LogP contribution in [0.25, 0.3) is 16.8 Å². The Bertz CT molecular complexity index is 897. The molecule has 5 heteroatoms. The second-order valence-corrected chi connectivity index (χ2v) is 6.08. The van der Waals surface area contributed by atoms with Gasteiger partial charge in [0.25, 0.3) is 0 Å². The number of anilines is 1. The SMILES string of the molecule is c1ccc(CCNc2ccnc3c(-c4ccsc4)cnn23)cc1. The van der Waals surface area contributed by atoms with Gasteiger partial charge in [0, 0.05) is 18.3 Å². The summed E-state index contributed by atoms with van der Waals surface area (Å²) < 4.78 is 1.87. The third-order valence-electron chi connectivity index (χ3n) is 3.80. The van der Waals surface area contributed by atoms with Crippen LogP contribution in [0.1, 0.15) is 5.56 Å². The first-order valence-electron chi connectivity index (χ1n) is 7.55. The predicted octanol–water partition coefficient (Wildman–Crippen LogP) is 4.11. The Hall–Kier alpha value is -2.66. The van der Waals surface area contributed by atoms with Gasteiger partial charge in [0.05, 0.1) is 6.20 Å². The minimum Gasteiger partial charge on any atom is -0.370 e. The number of rotatable bonds is 5. The van der Waals surface area contributed by atoms with Crippen molar-refractivity contribution in [1.82, 2.24) is 14.6 Å². The predicted molar refractivity (Wildman–Crippen MR) is 94.9 cm³/mol. The summed E-state index contributed by atoms with van der Waals surface area (Å²) >= 11 is 1.68. The molecule has 0 radical (unpaired) electrons. The summed E-state index contributed by atoms with van der Waals surface area (Å²) in [6.07, 6.45) is 4.69. The van der Waals surface area contributed by atoms with E-state index in [1.807, 2.05) is 29.0 Å². The Morgan fingerprint density at radius 3 is 2.83 bits per heavy atom. The largest absolute Gasteiger partial charge is 0.370 e. The lowest BCUT2D eigenvalue weighted by Gasteiger charge is -2.08. The van der Waals surface area contributed by atoms with Crippen LogP contribution >= 0.6 is 11.3 Å². The molecule has 3 aromatic heterocycles. The highest BCUT2D eigenvalue weighted by Gasteiger charge is 2.10. The molecule has 4 aromatic rings. The third kappa shape index (κ3) is 2.83. The first-order chi connectivity index (χ1) is 11.4. The summed E-state index contributed by atoms with van der Waals surface area (Å²) in [7, 11) is 0. The maximum Gasteiger partial charge on any atom is 0.165 e. The van der Waals surface area contributed by atoms with Crippen LogP contribution in [0.15, 0.2) is 65.6 Å². The van der Waals surface area contributed by atoms with Crippen LogP contribution in [0.4, 0.5) is 5.82 Å². The van der Waals surface area contributed by atoms with Gasteiger partial charge in [-0.3, -0.25) is 0 Å². The first kappa shape index (κ1) is 14.0. The Kier molecular flexibility index (Phi) is 3.78. The molecule has 0 aliphatic rings. The van der Waals surface area contributed by atoms with Crippen LogP contribution in [0, 0.1) is 0 Å². The molecule has 0 atom stereocenters. The lowest BCUT2D eigenvalue weighted by molar-refractivity contribution is 0.913. The van der Waals surface area contributed by atoms with Crippen molar-refractivity contribution in [2.45, 2.75) is 6.42 Å². The summed E-state index contributed by atoms with van der Waals surface area (Å²) in [6.45, 7) is 0.858. The van der Waals surface area contributed by atoms with Gasteiger partial charge < -0.3 is 5.32 Å². The summed E-state index contributed by atoms with van der Waals surface area (Å²) in [4.78, 5) is 4.49. The standard InChI is InChI=1S/C18H16N4S/c1-2-4-14(5-3-1)6-9-19-17-7-10-20-18-16(12-21-22(17)18)15-8-11-23-13-15/h1-5,7-8,10-13,19H,6,9H2.